The van der Waals surface area contributed by atoms with Gasteiger partial charge in [0.05, 0.1) is 16.7 Å². The molecule has 2 N–H and O–H groups in total. The fraction of sp³-hybridized carbons (Fsp3) is 0.500. The molecular formula is C22H26NO5P. The van der Waals surface area contributed by atoms with Crippen molar-refractivity contribution in [1.82, 2.24) is 0 Å². The Morgan fingerprint density at radius 1 is 1.28 bits per heavy atom. The van der Waals surface area contributed by atoms with E-state index in [1.807, 2.05) is 6.07 Å². The first-order chi connectivity index (χ1) is 15.1. The number of nitrogens with zero attached hydrogens (tertiary/aromatic N) is 1. The van der Waals surface area contributed by atoms with E-state index in [9.17, 15) is 19.6 Å². The third-order valence-electron chi connectivity index (χ3n) is 6.35. The number of phosphoric ester groups is 1. The van der Waals surface area contributed by atoms with Crippen LogP contribution in [-0.2, 0) is 9.30 Å². The van der Waals surface area contributed by atoms with Crippen LogP contribution < -0.4 is 4.52 Å². The first-order valence-electron chi connectivity index (χ1n) is 11.5. The number of hydrogen-bond acceptors (Lipinski definition) is 4. The van der Waals surface area contributed by atoms with Crippen molar-refractivity contribution in [2.24, 2.45) is 11.8 Å². The summed E-state index contributed by atoms with van der Waals surface area (Å²) in [7, 11) is -7.61. The van der Waals surface area contributed by atoms with Crippen molar-refractivity contribution < 1.29 is 27.7 Å². The molecule has 4 rings (SSSR count). The Bertz CT molecular complexity index is 1070. The lowest BCUT2D eigenvalue weighted by molar-refractivity contribution is 0.282. The Balaban J connectivity index is 1.88. The molecule has 2 bridgehead atoms. The molecule has 0 aliphatic heterocycles. The zero-order valence-corrected chi connectivity index (χ0v) is 17.0. The molecule has 1 saturated carbocycles. The van der Waals surface area contributed by atoms with Crippen molar-refractivity contribution in [2.45, 2.75) is 51.4 Å². The van der Waals surface area contributed by atoms with Crippen LogP contribution in [0.15, 0.2) is 34.9 Å². The lowest BCUT2D eigenvalue weighted by atomic mass is 9.62. The number of fused-ring (bicyclic) bond motifs is 3. The van der Waals surface area contributed by atoms with Crippen molar-refractivity contribution in [2.75, 3.05) is 7.04 Å². The van der Waals surface area contributed by atoms with E-state index in [-0.39, 0.29) is 28.9 Å². The van der Waals surface area contributed by atoms with Crippen LogP contribution in [0.4, 0.5) is 0 Å². The Morgan fingerprint density at radius 2 is 2.10 bits per heavy atom. The minimum absolute atomic E-state index is 0.0589. The van der Waals surface area contributed by atoms with Gasteiger partial charge in [0, 0.05) is 11.5 Å². The highest BCUT2D eigenvalue weighted by Gasteiger charge is 2.39. The molecule has 3 aliphatic carbocycles. The van der Waals surface area contributed by atoms with Gasteiger partial charge in [-0.05, 0) is 74.6 Å². The summed E-state index contributed by atoms with van der Waals surface area (Å²) in [6, 6.07) is 6.07. The highest BCUT2D eigenvalue weighted by atomic mass is 31.2. The largest absolute Gasteiger partial charge is 0.524 e. The normalized spacial score (nSPS) is 27.7. The van der Waals surface area contributed by atoms with Gasteiger partial charge < -0.3 is 9.26 Å². The summed E-state index contributed by atoms with van der Waals surface area (Å²) in [6.07, 6.45) is 8.26. The van der Waals surface area contributed by atoms with E-state index in [0.717, 1.165) is 50.5 Å². The molecule has 0 heterocycles. The van der Waals surface area contributed by atoms with Crippen LogP contribution in [-0.4, -0.2) is 16.8 Å². The molecule has 2 atom stereocenters. The lowest BCUT2D eigenvalue weighted by Crippen LogP contribution is -2.30. The lowest BCUT2D eigenvalue weighted by Gasteiger charge is -2.43. The molecule has 1 aromatic carbocycles. The van der Waals surface area contributed by atoms with Gasteiger partial charge in [0.25, 0.3) is 0 Å². The number of rotatable bonds is 4. The van der Waals surface area contributed by atoms with Gasteiger partial charge in [0.1, 0.15) is 17.6 Å². The van der Waals surface area contributed by atoms with Gasteiger partial charge in [-0.25, -0.2) is 4.57 Å². The average Bonchev–Trinajstić information content (AvgIpc) is 2.70. The van der Waals surface area contributed by atoms with Crippen LogP contribution >= 0.6 is 7.82 Å². The van der Waals surface area contributed by atoms with Gasteiger partial charge in [0.15, 0.2) is 0 Å². The smallest absolute Gasteiger partial charge is 0.496 e. The number of nitriles is 1. The van der Waals surface area contributed by atoms with Crippen LogP contribution in [0.5, 0.6) is 5.75 Å². The molecule has 3 aliphatic rings. The summed E-state index contributed by atoms with van der Waals surface area (Å²) in [5, 5.41) is 9.32. The molecule has 154 valence electrons. The van der Waals surface area contributed by atoms with Crippen LogP contribution in [0, 0.1) is 23.2 Å². The molecule has 1 fully saturated rings. The van der Waals surface area contributed by atoms with E-state index < -0.39 is 14.9 Å². The predicted molar refractivity (Wildman–Crippen MR) is 109 cm³/mol. The summed E-state index contributed by atoms with van der Waals surface area (Å²) in [5.74, 6) is 0.211. The summed E-state index contributed by atoms with van der Waals surface area (Å²) in [6.45, 7) is 0. The van der Waals surface area contributed by atoms with Crippen LogP contribution in [0.1, 0.15) is 66.6 Å². The number of allylic oxidation sites excluding steroid dienone is 3. The highest BCUT2D eigenvalue weighted by Crippen LogP contribution is 2.53. The third-order valence-corrected chi connectivity index (χ3v) is 6.78. The van der Waals surface area contributed by atoms with Crippen LogP contribution in [0.25, 0.3) is 5.76 Å². The van der Waals surface area contributed by atoms with E-state index in [1.165, 1.54) is 29.7 Å². The maximum atomic E-state index is 11.4. The van der Waals surface area contributed by atoms with Gasteiger partial charge >= 0.3 is 7.82 Å². The van der Waals surface area contributed by atoms with Crippen molar-refractivity contribution in [1.29, 1.82) is 5.26 Å². The Labute approximate surface area is 175 Å². The number of benzene rings is 1. The molecule has 0 spiro atoms. The van der Waals surface area contributed by atoms with Crippen molar-refractivity contribution in [3.05, 3.63) is 46.0 Å². The van der Waals surface area contributed by atoms with E-state index >= 15 is 0 Å². The summed E-state index contributed by atoms with van der Waals surface area (Å²) >= 11 is 0. The number of phosphoric acid groups is 1. The van der Waals surface area contributed by atoms with E-state index in [1.54, 1.807) is 6.07 Å². The zero-order chi connectivity index (χ0) is 23.1. The predicted octanol–water partition coefficient (Wildman–Crippen LogP) is 5.08. The molecule has 0 radical (unpaired) electrons. The van der Waals surface area contributed by atoms with Crippen molar-refractivity contribution in [3.8, 4) is 11.8 Å². The standard InChI is InChI=1S/C22H26NO5P/c1-27-22(16-9-10-17(13-23)20(12-16)28-29(24,25)26)21-15-6-4-8-19(21)18-7-3-2-5-14(18)11-15/h9-10,12,15,19H,2-8,11H2,1H3,(H2,24,25,26)/i1D3. The summed E-state index contributed by atoms with van der Waals surface area (Å²) < 4.78 is 45.0. The SMILES string of the molecule is [2H]C([2H])([2H])OC(=C1C2CCCC1C1=C(CCCC1)C2)c1ccc(C#N)c(OP(=O)(O)O)c1. The van der Waals surface area contributed by atoms with Crippen molar-refractivity contribution in [3.63, 3.8) is 0 Å². The van der Waals surface area contributed by atoms with Gasteiger partial charge in [-0.1, -0.05) is 17.6 Å². The number of ether oxygens (including phenoxy) is 1. The van der Waals surface area contributed by atoms with Crippen LogP contribution in [0.2, 0.25) is 0 Å². The molecule has 7 heteroatoms. The maximum Gasteiger partial charge on any atom is 0.524 e. The minimum atomic E-state index is -4.92. The van der Waals surface area contributed by atoms with Gasteiger partial charge in [-0.15, -0.1) is 0 Å². The summed E-state index contributed by atoms with van der Waals surface area (Å²) in [5.41, 5.74) is 4.16. The van der Waals surface area contributed by atoms with E-state index in [0.29, 0.717) is 5.56 Å². The Morgan fingerprint density at radius 3 is 2.86 bits per heavy atom. The maximum absolute atomic E-state index is 11.4. The highest BCUT2D eigenvalue weighted by molar-refractivity contribution is 7.46. The molecule has 0 aromatic heterocycles. The second kappa shape index (κ2) is 7.99. The molecular weight excluding hydrogens is 389 g/mol. The molecule has 6 nitrogen and oxygen atoms in total. The first kappa shape index (κ1) is 16.7. The van der Waals surface area contributed by atoms with Gasteiger partial charge in [0.2, 0.25) is 0 Å². The molecule has 0 saturated heterocycles. The van der Waals surface area contributed by atoms with Crippen molar-refractivity contribution >= 4 is 13.6 Å². The monoisotopic (exact) mass is 418 g/mol. The zero-order valence-electron chi connectivity index (χ0n) is 19.1. The second-order valence-electron chi connectivity index (χ2n) is 8.01. The molecule has 0 amide bonds. The minimum Gasteiger partial charge on any atom is -0.496 e. The topological polar surface area (TPSA) is 99.8 Å². The average molecular weight is 418 g/mol. The van der Waals surface area contributed by atoms with Crippen LogP contribution in [0.3, 0.4) is 0 Å². The van der Waals surface area contributed by atoms with E-state index in [2.05, 4.69) is 0 Å². The summed E-state index contributed by atoms with van der Waals surface area (Å²) in [4.78, 5) is 18.5. The fourth-order valence-electron chi connectivity index (χ4n) is 5.27. The molecule has 1 aromatic rings. The molecule has 29 heavy (non-hydrogen) atoms. The number of hydrogen-bond donors (Lipinski definition) is 2. The van der Waals surface area contributed by atoms with E-state index in [4.69, 9.17) is 13.4 Å². The Hall–Kier alpha value is -2.06. The first-order valence-corrected chi connectivity index (χ1v) is 11.5. The second-order valence-corrected chi connectivity index (χ2v) is 9.18. The van der Waals surface area contributed by atoms with Gasteiger partial charge in [-0.3, -0.25) is 9.79 Å². The quantitative estimate of drug-likeness (QED) is 0.402. The fourth-order valence-corrected chi connectivity index (χ4v) is 5.68. The number of methoxy groups -OCH3 is 1. The molecule has 2 unspecified atom stereocenters. The third kappa shape index (κ3) is 4.00. The Kier molecular flexibility index (Phi) is 4.60. The van der Waals surface area contributed by atoms with Gasteiger partial charge in [-0.2, -0.15) is 5.26 Å².